The van der Waals surface area contributed by atoms with Gasteiger partial charge >= 0.3 is 0 Å². The molecular weight excluding hydrogens is 230 g/mol. The number of rotatable bonds is 7. The van der Waals surface area contributed by atoms with Crippen LogP contribution in [0.15, 0.2) is 12.2 Å². The van der Waals surface area contributed by atoms with Crippen molar-refractivity contribution >= 4 is 11.6 Å². The van der Waals surface area contributed by atoms with Gasteiger partial charge in [-0.05, 0) is 13.0 Å². The summed E-state index contributed by atoms with van der Waals surface area (Å²) in [6.07, 6.45) is -2.97. The summed E-state index contributed by atoms with van der Waals surface area (Å²) >= 11 is 0. The molecule has 0 aliphatic carbocycles. The van der Waals surface area contributed by atoms with Gasteiger partial charge in [0, 0.05) is 0 Å². The molecule has 17 heavy (non-hydrogen) atoms. The molecule has 7 nitrogen and oxygen atoms in total. The van der Waals surface area contributed by atoms with E-state index in [-0.39, 0.29) is 0 Å². The van der Waals surface area contributed by atoms with Gasteiger partial charge in [-0.25, -0.2) is 0 Å². The van der Waals surface area contributed by atoms with Crippen molar-refractivity contribution < 1.29 is 30.0 Å². The number of allylic oxidation sites excluding steroid dienone is 2. The number of aliphatic hydroxyl groups excluding tert-OH is 4. The minimum Gasteiger partial charge on any atom is -0.394 e. The van der Waals surface area contributed by atoms with Crippen LogP contribution >= 0.6 is 0 Å². The monoisotopic (exact) mass is 247 g/mol. The third-order valence-corrected chi connectivity index (χ3v) is 2.16. The van der Waals surface area contributed by atoms with E-state index in [1.165, 1.54) is 13.0 Å². The van der Waals surface area contributed by atoms with Gasteiger partial charge in [0.1, 0.15) is 24.4 Å². The number of carbonyl (C=O) groups excluding carboxylic acids is 2. The lowest BCUT2D eigenvalue weighted by molar-refractivity contribution is -0.139. The number of aliphatic hydroxyl groups is 4. The third kappa shape index (κ3) is 4.33. The molecule has 0 aromatic carbocycles. The summed E-state index contributed by atoms with van der Waals surface area (Å²) in [7, 11) is 0. The number of hydrogen-bond donors (Lipinski definition) is 5. The van der Waals surface area contributed by atoms with Crippen molar-refractivity contribution in [1.29, 1.82) is 0 Å². The van der Waals surface area contributed by atoms with E-state index in [9.17, 15) is 19.8 Å². The van der Waals surface area contributed by atoms with E-state index in [2.05, 4.69) is 0 Å². The standard InChI is InChI=1S/C10H17NO6/c1-2-3-5(13)8(15)7(11)10(17)9(16)6(14)4-12/h2-3,6-7,9-10,12,14,16-17H,4,11H2,1H3/b3-2+/t6-,7+,9+,10-/m1/s1. The maximum atomic E-state index is 11.3. The average molecular weight is 247 g/mol. The van der Waals surface area contributed by atoms with Gasteiger partial charge in [0.05, 0.1) is 6.61 Å². The predicted octanol–water partition coefficient (Wildman–Crippen LogP) is -2.90. The molecule has 0 amide bonds. The Balaban J connectivity index is 4.64. The van der Waals surface area contributed by atoms with Crippen LogP contribution in [0.4, 0.5) is 0 Å². The second-order valence-corrected chi connectivity index (χ2v) is 3.49. The minimum absolute atomic E-state index is 0.804. The molecular formula is C10H17NO6. The molecule has 0 spiro atoms. The number of carbonyl (C=O) groups is 2. The van der Waals surface area contributed by atoms with Crippen molar-refractivity contribution in [1.82, 2.24) is 0 Å². The lowest BCUT2D eigenvalue weighted by Crippen LogP contribution is -2.54. The Hall–Kier alpha value is -1.12. The molecule has 0 aromatic heterocycles. The van der Waals surface area contributed by atoms with Gasteiger partial charge in [0.2, 0.25) is 11.6 Å². The molecule has 0 heterocycles. The Morgan fingerprint density at radius 1 is 1.24 bits per heavy atom. The molecule has 6 N–H and O–H groups in total. The topological polar surface area (TPSA) is 141 Å². The van der Waals surface area contributed by atoms with Crippen LogP contribution in [0.1, 0.15) is 6.92 Å². The molecule has 0 bridgehead atoms. The van der Waals surface area contributed by atoms with Gasteiger partial charge in [0.25, 0.3) is 0 Å². The second-order valence-electron chi connectivity index (χ2n) is 3.49. The molecule has 0 aromatic rings. The van der Waals surface area contributed by atoms with Gasteiger partial charge in [-0.2, -0.15) is 0 Å². The van der Waals surface area contributed by atoms with E-state index >= 15 is 0 Å². The first kappa shape index (κ1) is 15.9. The predicted molar refractivity (Wildman–Crippen MR) is 57.9 cm³/mol. The molecule has 98 valence electrons. The molecule has 0 rings (SSSR count). The van der Waals surface area contributed by atoms with Gasteiger partial charge < -0.3 is 26.2 Å². The van der Waals surface area contributed by atoms with Crippen molar-refractivity contribution in [3.8, 4) is 0 Å². The number of nitrogens with two attached hydrogens (primary N) is 1. The fraction of sp³-hybridized carbons (Fsp3) is 0.600. The minimum atomic E-state index is -1.83. The van der Waals surface area contributed by atoms with E-state index in [0.29, 0.717) is 0 Å². The first-order valence-electron chi connectivity index (χ1n) is 4.98. The maximum absolute atomic E-state index is 11.3. The second kappa shape index (κ2) is 7.25. The van der Waals surface area contributed by atoms with Crippen LogP contribution in [0, 0.1) is 0 Å². The van der Waals surface area contributed by atoms with Crippen LogP contribution < -0.4 is 5.73 Å². The summed E-state index contributed by atoms with van der Waals surface area (Å²) in [4.78, 5) is 22.5. The molecule has 0 radical (unpaired) electrons. The van der Waals surface area contributed by atoms with E-state index in [0.717, 1.165) is 6.08 Å². The smallest absolute Gasteiger partial charge is 0.222 e. The summed E-state index contributed by atoms with van der Waals surface area (Å²) in [6, 6.07) is -1.66. The molecule has 0 fully saturated rings. The molecule has 4 atom stereocenters. The van der Waals surface area contributed by atoms with Crippen molar-refractivity contribution in [3.05, 3.63) is 12.2 Å². The summed E-state index contributed by atoms with van der Waals surface area (Å²) in [5.41, 5.74) is 5.28. The summed E-state index contributed by atoms with van der Waals surface area (Å²) < 4.78 is 0. The highest BCUT2D eigenvalue weighted by Crippen LogP contribution is 2.05. The van der Waals surface area contributed by atoms with Crippen molar-refractivity contribution in [2.45, 2.75) is 31.3 Å². The quantitative estimate of drug-likeness (QED) is 0.240. The first-order chi connectivity index (χ1) is 7.86. The fourth-order valence-corrected chi connectivity index (χ4v) is 1.10. The summed E-state index contributed by atoms with van der Waals surface area (Å²) in [5.74, 6) is -2.00. The SMILES string of the molecule is C/C=C/C(=O)C(=O)[C@H](N)[C@@H](O)[C@@H](O)[C@H](O)CO. The number of hydrogen-bond acceptors (Lipinski definition) is 7. The molecule has 0 saturated carbocycles. The summed E-state index contributed by atoms with van der Waals surface area (Å²) in [6.45, 7) is 0.722. The van der Waals surface area contributed by atoms with Crippen LogP contribution in [-0.4, -0.2) is 63.0 Å². The van der Waals surface area contributed by atoms with Crippen molar-refractivity contribution in [2.75, 3.05) is 6.61 Å². The normalized spacial score (nSPS) is 18.7. The maximum Gasteiger partial charge on any atom is 0.222 e. The Morgan fingerprint density at radius 3 is 2.18 bits per heavy atom. The zero-order chi connectivity index (χ0) is 13.6. The van der Waals surface area contributed by atoms with E-state index in [4.69, 9.17) is 15.9 Å². The highest BCUT2D eigenvalue weighted by molar-refractivity contribution is 6.43. The lowest BCUT2D eigenvalue weighted by Gasteiger charge is -2.24. The Kier molecular flexibility index (Phi) is 6.78. The van der Waals surface area contributed by atoms with Crippen molar-refractivity contribution in [3.63, 3.8) is 0 Å². The first-order valence-corrected chi connectivity index (χ1v) is 4.98. The Morgan fingerprint density at radius 2 is 1.76 bits per heavy atom. The third-order valence-electron chi connectivity index (χ3n) is 2.16. The highest BCUT2D eigenvalue weighted by Gasteiger charge is 2.34. The number of ketones is 2. The average Bonchev–Trinajstić information content (AvgIpc) is 2.34. The number of Topliss-reactive ketones (excluding diaryl/α,β-unsaturated/α-hetero) is 1. The molecule has 0 aliphatic rings. The molecule has 0 aliphatic heterocycles. The van der Waals surface area contributed by atoms with Gasteiger partial charge in [-0.15, -0.1) is 0 Å². The largest absolute Gasteiger partial charge is 0.394 e. The van der Waals surface area contributed by atoms with Crippen LogP contribution in [0.3, 0.4) is 0 Å². The molecule has 0 unspecified atom stereocenters. The van der Waals surface area contributed by atoms with Crippen LogP contribution in [0.5, 0.6) is 0 Å². The van der Waals surface area contributed by atoms with Crippen molar-refractivity contribution in [2.24, 2.45) is 5.73 Å². The fourth-order valence-electron chi connectivity index (χ4n) is 1.10. The highest BCUT2D eigenvalue weighted by atomic mass is 16.4. The Bertz CT molecular complexity index is 303. The van der Waals surface area contributed by atoms with Gasteiger partial charge in [-0.3, -0.25) is 9.59 Å². The summed E-state index contributed by atoms with van der Waals surface area (Å²) in [5, 5.41) is 36.3. The van der Waals surface area contributed by atoms with Crippen LogP contribution in [0.25, 0.3) is 0 Å². The van der Waals surface area contributed by atoms with Gasteiger partial charge in [0.15, 0.2) is 0 Å². The van der Waals surface area contributed by atoms with E-state index in [1.807, 2.05) is 0 Å². The lowest BCUT2D eigenvalue weighted by atomic mass is 9.96. The van der Waals surface area contributed by atoms with E-state index < -0.39 is 42.5 Å². The van der Waals surface area contributed by atoms with Gasteiger partial charge in [-0.1, -0.05) is 6.08 Å². The van der Waals surface area contributed by atoms with E-state index in [1.54, 1.807) is 0 Å². The molecule has 7 heteroatoms. The zero-order valence-corrected chi connectivity index (χ0v) is 9.35. The van der Waals surface area contributed by atoms with Crippen LogP contribution in [-0.2, 0) is 9.59 Å². The van der Waals surface area contributed by atoms with Crippen LogP contribution in [0.2, 0.25) is 0 Å². The Labute approximate surface area is 98.2 Å². The zero-order valence-electron chi connectivity index (χ0n) is 9.35. The molecule has 0 saturated heterocycles.